The third-order valence-corrected chi connectivity index (χ3v) is 5.74. The summed E-state index contributed by atoms with van der Waals surface area (Å²) in [6.07, 6.45) is -7.81. The number of nitrogens with two attached hydrogens (primary N) is 1. The highest BCUT2D eigenvalue weighted by atomic mass is 35.5. The molecule has 3 rings (SSSR count). The zero-order chi connectivity index (χ0) is 24.6. The molecule has 2 atom stereocenters. The molecule has 0 spiro atoms. The van der Waals surface area contributed by atoms with E-state index in [1.54, 1.807) is 6.92 Å². The van der Waals surface area contributed by atoms with Gasteiger partial charge in [-0.1, -0.05) is 6.92 Å². The molecule has 0 radical (unpaired) electrons. The molecule has 3 heterocycles. The van der Waals surface area contributed by atoms with Crippen LogP contribution in [0.1, 0.15) is 55.4 Å². The number of carbonyl (C=O) groups is 2. The topological polar surface area (TPSA) is 113 Å². The van der Waals surface area contributed by atoms with Gasteiger partial charge in [-0.2, -0.15) is 13.2 Å². The van der Waals surface area contributed by atoms with Crippen molar-refractivity contribution >= 4 is 24.2 Å². The first kappa shape index (κ1) is 28.1. The molecular formula is C20H27ClF5N5O3. The maximum absolute atomic E-state index is 13.7. The number of hydrogen-bond acceptors (Lipinski definition) is 6. The Kier molecular flexibility index (Phi) is 8.81. The molecule has 0 aromatic carbocycles. The fourth-order valence-electron chi connectivity index (χ4n) is 4.05. The molecule has 0 aliphatic carbocycles. The zero-order valence-electron chi connectivity index (χ0n) is 18.4. The molecule has 1 unspecified atom stereocenters. The lowest BCUT2D eigenvalue weighted by Crippen LogP contribution is -2.58. The summed E-state index contributed by atoms with van der Waals surface area (Å²) in [5, 5.41) is 9.77. The fourth-order valence-corrected chi connectivity index (χ4v) is 4.05. The van der Waals surface area contributed by atoms with Gasteiger partial charge in [-0.15, -0.1) is 12.4 Å². The summed E-state index contributed by atoms with van der Waals surface area (Å²) in [6.45, 7) is 1.16. The number of aliphatic hydroxyl groups excluding tert-OH is 1. The zero-order valence-corrected chi connectivity index (χ0v) is 19.3. The Hall–Kier alpha value is -2.12. The normalized spacial score (nSPS) is 21.1. The average molecular weight is 516 g/mol. The number of aliphatic hydroxyl groups is 1. The first-order chi connectivity index (χ1) is 15.3. The minimum Gasteiger partial charge on any atom is -0.368 e. The van der Waals surface area contributed by atoms with Gasteiger partial charge >= 0.3 is 6.18 Å². The van der Waals surface area contributed by atoms with Crippen molar-refractivity contribution in [3.63, 3.8) is 0 Å². The van der Waals surface area contributed by atoms with Crippen LogP contribution in [0.5, 0.6) is 0 Å². The monoisotopic (exact) mass is 515 g/mol. The summed E-state index contributed by atoms with van der Waals surface area (Å²) < 4.78 is 67.8. The summed E-state index contributed by atoms with van der Waals surface area (Å²) in [5.74, 6) is -4.63. The highest BCUT2D eigenvalue weighted by Gasteiger charge is 2.48. The number of fused-ring (bicyclic) bond motifs is 1. The summed E-state index contributed by atoms with van der Waals surface area (Å²) >= 11 is 0. The minimum atomic E-state index is -4.64. The van der Waals surface area contributed by atoms with Crippen molar-refractivity contribution in [3.05, 3.63) is 22.8 Å². The van der Waals surface area contributed by atoms with Crippen LogP contribution in [0.4, 0.5) is 22.0 Å². The number of likely N-dealkylation sites (tertiary alicyclic amines) is 1. The maximum atomic E-state index is 13.7. The summed E-state index contributed by atoms with van der Waals surface area (Å²) in [6, 6.07) is -1.04. The van der Waals surface area contributed by atoms with E-state index in [0.29, 0.717) is 11.3 Å². The minimum absolute atomic E-state index is 0. The lowest BCUT2D eigenvalue weighted by Gasteiger charge is -2.38. The first-order valence-corrected chi connectivity index (χ1v) is 10.7. The van der Waals surface area contributed by atoms with Crippen LogP contribution < -0.4 is 5.73 Å². The molecule has 2 aliphatic rings. The van der Waals surface area contributed by atoms with Crippen LogP contribution in [-0.4, -0.2) is 68.0 Å². The van der Waals surface area contributed by atoms with E-state index < -0.39 is 61.3 Å². The lowest BCUT2D eigenvalue weighted by atomic mass is 10.0. The quantitative estimate of drug-likeness (QED) is 0.561. The molecule has 1 saturated heterocycles. The largest absolute Gasteiger partial charge is 0.433 e. The maximum Gasteiger partial charge on any atom is 0.433 e. The smallest absolute Gasteiger partial charge is 0.368 e. The third-order valence-electron chi connectivity index (χ3n) is 5.74. The van der Waals surface area contributed by atoms with Gasteiger partial charge < -0.3 is 20.6 Å². The molecule has 8 nitrogen and oxygen atoms in total. The predicted molar refractivity (Wildman–Crippen MR) is 112 cm³/mol. The first-order valence-electron chi connectivity index (χ1n) is 10.7. The third kappa shape index (κ3) is 6.11. The lowest BCUT2D eigenvalue weighted by molar-refractivity contribution is -0.205. The van der Waals surface area contributed by atoms with E-state index in [4.69, 9.17) is 5.73 Å². The van der Waals surface area contributed by atoms with Crippen molar-refractivity contribution in [1.29, 1.82) is 0 Å². The molecule has 3 N–H and O–H groups in total. The van der Waals surface area contributed by atoms with Crippen molar-refractivity contribution in [2.45, 2.75) is 76.4 Å². The second kappa shape index (κ2) is 10.6. The Bertz CT molecular complexity index is 917. The van der Waals surface area contributed by atoms with Crippen molar-refractivity contribution in [1.82, 2.24) is 19.8 Å². The molecule has 14 heteroatoms. The summed E-state index contributed by atoms with van der Waals surface area (Å²) in [5.41, 5.74) is 4.98. The molecule has 2 aliphatic heterocycles. The Labute approximate surface area is 199 Å². The Morgan fingerprint density at radius 2 is 1.97 bits per heavy atom. The highest BCUT2D eigenvalue weighted by molar-refractivity contribution is 5.85. The number of halogens is 6. The van der Waals surface area contributed by atoms with Gasteiger partial charge in [-0.25, -0.2) is 18.7 Å². The number of nitrogens with zero attached hydrogens (tertiary/aromatic N) is 4. The van der Waals surface area contributed by atoms with Crippen molar-refractivity contribution in [2.24, 2.45) is 5.73 Å². The number of piperidine rings is 1. The second-order valence-corrected chi connectivity index (χ2v) is 8.37. The van der Waals surface area contributed by atoms with Crippen molar-refractivity contribution in [2.75, 3.05) is 13.1 Å². The van der Waals surface area contributed by atoms with E-state index in [1.807, 2.05) is 0 Å². The van der Waals surface area contributed by atoms with E-state index in [0.717, 1.165) is 0 Å². The SMILES string of the molecule is CCCc1nc2c(c(C(F)(F)F)n1)CCN(C(=O)C[C@H](N)CN1C(=O)CCC(F)(F)C1O)C2.Cl. The van der Waals surface area contributed by atoms with Crippen LogP contribution in [0, 0.1) is 0 Å². The molecule has 0 saturated carbocycles. The van der Waals surface area contributed by atoms with E-state index in [9.17, 15) is 36.6 Å². The number of aryl methyl sites for hydroxylation is 1. The van der Waals surface area contributed by atoms with Crippen LogP contribution in [-0.2, 0) is 35.2 Å². The molecule has 1 aromatic rings. The van der Waals surface area contributed by atoms with Gasteiger partial charge in [0.2, 0.25) is 11.8 Å². The fraction of sp³-hybridized carbons (Fsp3) is 0.700. The predicted octanol–water partition coefficient (Wildman–Crippen LogP) is 2.05. The Balaban J connectivity index is 0.00000408. The van der Waals surface area contributed by atoms with Gasteiger partial charge in [0.15, 0.2) is 11.9 Å². The number of hydrogen-bond donors (Lipinski definition) is 2. The standard InChI is InChI=1S/C20H26F5N5O3.ClH/c1-2-3-14-27-13-10-29(7-5-12(13)17(28-14)20(23,24)25)16(32)8-11(26)9-30-15(31)4-6-19(21,22)18(30)33;/h11,18,33H,2-10,26H2,1H3;1H/t11-,18?;/m0./s1. The molecule has 0 bridgehead atoms. The molecule has 2 amide bonds. The van der Waals surface area contributed by atoms with Crippen LogP contribution in [0.3, 0.4) is 0 Å². The average Bonchev–Trinajstić information content (AvgIpc) is 2.73. The number of alkyl halides is 5. The Morgan fingerprint density at radius 3 is 2.59 bits per heavy atom. The summed E-state index contributed by atoms with van der Waals surface area (Å²) in [4.78, 5) is 34.4. The number of carbonyl (C=O) groups excluding carboxylic acids is 2. The van der Waals surface area contributed by atoms with E-state index in [1.165, 1.54) is 4.90 Å². The van der Waals surface area contributed by atoms with E-state index in [-0.39, 0.29) is 61.8 Å². The van der Waals surface area contributed by atoms with Gasteiger partial charge in [-0.05, 0) is 12.8 Å². The van der Waals surface area contributed by atoms with Gasteiger partial charge in [0, 0.05) is 50.4 Å². The van der Waals surface area contributed by atoms with Crippen molar-refractivity contribution in [3.8, 4) is 0 Å². The van der Waals surface area contributed by atoms with E-state index in [2.05, 4.69) is 9.97 Å². The number of amides is 2. The highest BCUT2D eigenvalue weighted by Crippen LogP contribution is 2.34. The van der Waals surface area contributed by atoms with Crippen LogP contribution in [0.25, 0.3) is 0 Å². The molecular weight excluding hydrogens is 489 g/mol. The van der Waals surface area contributed by atoms with Gasteiger partial charge in [0.25, 0.3) is 5.92 Å². The second-order valence-electron chi connectivity index (χ2n) is 8.37. The molecule has 1 aromatic heterocycles. The number of aromatic nitrogens is 2. The van der Waals surface area contributed by atoms with Gasteiger partial charge in [0.05, 0.1) is 12.2 Å². The Morgan fingerprint density at radius 1 is 1.29 bits per heavy atom. The van der Waals surface area contributed by atoms with Crippen molar-refractivity contribution < 1.29 is 36.6 Å². The molecule has 192 valence electrons. The number of rotatable bonds is 6. The van der Waals surface area contributed by atoms with Crippen LogP contribution in [0.15, 0.2) is 0 Å². The molecule has 34 heavy (non-hydrogen) atoms. The van der Waals surface area contributed by atoms with Gasteiger partial charge in [0.1, 0.15) is 5.82 Å². The van der Waals surface area contributed by atoms with Gasteiger partial charge in [-0.3, -0.25) is 9.59 Å². The molecule has 1 fully saturated rings. The van der Waals surface area contributed by atoms with Crippen LogP contribution >= 0.6 is 12.4 Å². The summed E-state index contributed by atoms with van der Waals surface area (Å²) in [7, 11) is 0. The van der Waals surface area contributed by atoms with Crippen LogP contribution in [0.2, 0.25) is 0 Å². The van der Waals surface area contributed by atoms with E-state index >= 15 is 0 Å².